The van der Waals surface area contributed by atoms with Gasteiger partial charge >= 0.3 is 0 Å². The van der Waals surface area contributed by atoms with Crippen LogP contribution in [0.3, 0.4) is 0 Å². The lowest BCUT2D eigenvalue weighted by atomic mass is 10.1. The number of hydrogen-bond donors (Lipinski definition) is 1. The SMILES string of the molecule is CC(C)Cc1nnc(CN)n1C. The zero-order valence-electron chi connectivity index (χ0n) is 7.91. The van der Waals surface area contributed by atoms with Gasteiger partial charge in [-0.15, -0.1) is 10.2 Å². The van der Waals surface area contributed by atoms with Crippen molar-refractivity contribution >= 4 is 0 Å². The first kappa shape index (κ1) is 9.19. The van der Waals surface area contributed by atoms with E-state index in [9.17, 15) is 0 Å². The fourth-order valence-electron chi connectivity index (χ4n) is 1.12. The van der Waals surface area contributed by atoms with Crippen molar-refractivity contribution in [2.75, 3.05) is 0 Å². The van der Waals surface area contributed by atoms with Crippen LogP contribution in [0, 0.1) is 5.92 Å². The molecular formula is C8H16N4. The molecule has 0 saturated carbocycles. The van der Waals surface area contributed by atoms with Crippen molar-refractivity contribution in [3.63, 3.8) is 0 Å². The molecule has 0 unspecified atom stereocenters. The van der Waals surface area contributed by atoms with Crippen molar-refractivity contribution in [3.8, 4) is 0 Å². The number of hydrogen-bond acceptors (Lipinski definition) is 3. The summed E-state index contributed by atoms with van der Waals surface area (Å²) >= 11 is 0. The maximum atomic E-state index is 5.47. The Balaban J connectivity index is 2.80. The highest BCUT2D eigenvalue weighted by Gasteiger charge is 2.07. The average molecular weight is 168 g/mol. The van der Waals surface area contributed by atoms with E-state index in [4.69, 9.17) is 5.73 Å². The number of aromatic nitrogens is 3. The monoisotopic (exact) mass is 168 g/mol. The second-order valence-electron chi connectivity index (χ2n) is 3.39. The van der Waals surface area contributed by atoms with Gasteiger partial charge in [-0.3, -0.25) is 0 Å². The Morgan fingerprint density at radius 1 is 1.33 bits per heavy atom. The summed E-state index contributed by atoms with van der Waals surface area (Å²) in [5.41, 5.74) is 5.47. The summed E-state index contributed by atoms with van der Waals surface area (Å²) < 4.78 is 1.97. The second kappa shape index (κ2) is 3.67. The zero-order valence-corrected chi connectivity index (χ0v) is 7.91. The van der Waals surface area contributed by atoms with Crippen LogP contribution < -0.4 is 5.73 Å². The molecule has 12 heavy (non-hydrogen) atoms. The third kappa shape index (κ3) is 1.82. The maximum Gasteiger partial charge on any atom is 0.146 e. The number of nitrogens with two attached hydrogens (primary N) is 1. The zero-order chi connectivity index (χ0) is 9.14. The first-order valence-electron chi connectivity index (χ1n) is 4.22. The summed E-state index contributed by atoms with van der Waals surface area (Å²) in [6.07, 6.45) is 0.962. The standard InChI is InChI=1S/C8H16N4/c1-6(2)4-7-10-11-8(5-9)12(7)3/h6H,4-5,9H2,1-3H3. The van der Waals surface area contributed by atoms with E-state index in [-0.39, 0.29) is 0 Å². The molecule has 0 aromatic carbocycles. The fraction of sp³-hybridized carbons (Fsp3) is 0.750. The molecule has 1 aromatic rings. The lowest BCUT2D eigenvalue weighted by Gasteiger charge is -2.04. The second-order valence-corrected chi connectivity index (χ2v) is 3.39. The van der Waals surface area contributed by atoms with Crippen LogP contribution in [0.25, 0.3) is 0 Å². The summed E-state index contributed by atoms with van der Waals surface area (Å²) in [5.74, 6) is 2.48. The molecule has 0 aliphatic carbocycles. The van der Waals surface area contributed by atoms with Gasteiger partial charge in [-0.05, 0) is 5.92 Å². The first-order chi connectivity index (χ1) is 5.65. The van der Waals surface area contributed by atoms with Crippen LogP contribution in [-0.2, 0) is 20.0 Å². The van der Waals surface area contributed by atoms with Gasteiger partial charge < -0.3 is 10.3 Å². The van der Waals surface area contributed by atoms with Crippen LogP contribution in [0.4, 0.5) is 0 Å². The Morgan fingerprint density at radius 3 is 2.33 bits per heavy atom. The molecule has 4 nitrogen and oxygen atoms in total. The van der Waals surface area contributed by atoms with Crippen LogP contribution in [0.1, 0.15) is 25.5 Å². The fourth-order valence-corrected chi connectivity index (χ4v) is 1.12. The summed E-state index contributed by atoms with van der Waals surface area (Å²) in [6.45, 7) is 4.79. The van der Waals surface area contributed by atoms with Gasteiger partial charge in [0.05, 0.1) is 6.54 Å². The molecule has 0 spiro atoms. The molecule has 0 bridgehead atoms. The van der Waals surface area contributed by atoms with Gasteiger partial charge in [-0.1, -0.05) is 13.8 Å². The highest BCUT2D eigenvalue weighted by Crippen LogP contribution is 2.05. The molecule has 1 rings (SSSR count). The largest absolute Gasteiger partial charge is 0.324 e. The first-order valence-corrected chi connectivity index (χ1v) is 4.22. The van der Waals surface area contributed by atoms with Crippen molar-refractivity contribution in [3.05, 3.63) is 11.6 Å². The smallest absolute Gasteiger partial charge is 0.146 e. The molecular weight excluding hydrogens is 152 g/mol. The van der Waals surface area contributed by atoms with Crippen LogP contribution in [0.15, 0.2) is 0 Å². The molecule has 2 N–H and O–H groups in total. The maximum absolute atomic E-state index is 5.47. The molecule has 1 aromatic heterocycles. The van der Waals surface area contributed by atoms with E-state index in [1.807, 2.05) is 11.6 Å². The quantitative estimate of drug-likeness (QED) is 0.714. The third-order valence-corrected chi connectivity index (χ3v) is 1.83. The van der Waals surface area contributed by atoms with Crippen LogP contribution in [-0.4, -0.2) is 14.8 Å². The topological polar surface area (TPSA) is 56.7 Å². The predicted octanol–water partition coefficient (Wildman–Crippen LogP) is 0.472. The molecule has 0 aliphatic heterocycles. The Bertz CT molecular complexity index is 252. The molecule has 0 atom stereocenters. The van der Waals surface area contributed by atoms with Crippen molar-refractivity contribution in [1.29, 1.82) is 0 Å². The van der Waals surface area contributed by atoms with Gasteiger partial charge in [-0.2, -0.15) is 0 Å². The van der Waals surface area contributed by atoms with E-state index < -0.39 is 0 Å². The van der Waals surface area contributed by atoms with Gasteiger partial charge in [0.1, 0.15) is 11.6 Å². The van der Waals surface area contributed by atoms with Crippen LogP contribution in [0.2, 0.25) is 0 Å². The molecule has 0 radical (unpaired) electrons. The molecule has 0 aliphatic rings. The van der Waals surface area contributed by atoms with Crippen LogP contribution in [0.5, 0.6) is 0 Å². The minimum absolute atomic E-state index is 0.460. The van der Waals surface area contributed by atoms with Crippen molar-refractivity contribution in [1.82, 2.24) is 14.8 Å². The summed E-state index contributed by atoms with van der Waals surface area (Å²) in [6, 6.07) is 0. The number of rotatable bonds is 3. The average Bonchev–Trinajstić information content (AvgIpc) is 2.32. The summed E-state index contributed by atoms with van der Waals surface area (Å²) in [7, 11) is 1.96. The van der Waals surface area contributed by atoms with Gasteiger partial charge in [-0.25, -0.2) is 0 Å². The Labute approximate surface area is 72.8 Å². The Kier molecular flexibility index (Phi) is 2.81. The predicted molar refractivity (Wildman–Crippen MR) is 47.4 cm³/mol. The molecule has 0 amide bonds. The van der Waals surface area contributed by atoms with E-state index in [0.29, 0.717) is 12.5 Å². The normalized spacial score (nSPS) is 11.1. The van der Waals surface area contributed by atoms with E-state index in [0.717, 1.165) is 18.1 Å². The summed E-state index contributed by atoms with van der Waals surface area (Å²) in [5, 5.41) is 8.03. The van der Waals surface area contributed by atoms with Crippen molar-refractivity contribution in [2.45, 2.75) is 26.8 Å². The van der Waals surface area contributed by atoms with E-state index >= 15 is 0 Å². The molecule has 0 saturated heterocycles. The van der Waals surface area contributed by atoms with Crippen LogP contribution >= 0.6 is 0 Å². The minimum atomic E-state index is 0.460. The van der Waals surface area contributed by atoms with Gasteiger partial charge in [0, 0.05) is 13.5 Å². The lowest BCUT2D eigenvalue weighted by Crippen LogP contribution is -2.08. The minimum Gasteiger partial charge on any atom is -0.324 e. The van der Waals surface area contributed by atoms with E-state index in [1.165, 1.54) is 0 Å². The Hall–Kier alpha value is -0.900. The van der Waals surface area contributed by atoms with Crippen molar-refractivity contribution in [2.24, 2.45) is 18.7 Å². The van der Waals surface area contributed by atoms with Gasteiger partial charge in [0.2, 0.25) is 0 Å². The molecule has 4 heteroatoms. The molecule has 0 fully saturated rings. The Morgan fingerprint density at radius 2 is 1.92 bits per heavy atom. The third-order valence-electron chi connectivity index (χ3n) is 1.83. The van der Waals surface area contributed by atoms with E-state index in [1.54, 1.807) is 0 Å². The van der Waals surface area contributed by atoms with Gasteiger partial charge in [0.15, 0.2) is 0 Å². The number of nitrogens with zero attached hydrogens (tertiary/aromatic N) is 3. The highest BCUT2D eigenvalue weighted by molar-refractivity contribution is 4.94. The summed E-state index contributed by atoms with van der Waals surface area (Å²) in [4.78, 5) is 0. The van der Waals surface area contributed by atoms with Crippen molar-refractivity contribution < 1.29 is 0 Å². The molecule has 68 valence electrons. The highest BCUT2D eigenvalue weighted by atomic mass is 15.3. The van der Waals surface area contributed by atoms with E-state index in [2.05, 4.69) is 24.0 Å². The lowest BCUT2D eigenvalue weighted by molar-refractivity contribution is 0.596. The molecule has 1 heterocycles. The van der Waals surface area contributed by atoms with Gasteiger partial charge in [0.25, 0.3) is 0 Å².